The number of nitrogens with zero attached hydrogens (tertiary/aromatic N) is 1. The molecule has 7 nitrogen and oxygen atoms in total. The highest BCUT2D eigenvalue weighted by Crippen LogP contribution is 2.25. The third-order valence-electron chi connectivity index (χ3n) is 3.02. The van der Waals surface area contributed by atoms with Gasteiger partial charge >= 0.3 is 5.97 Å². The highest BCUT2D eigenvalue weighted by molar-refractivity contribution is 6.32. The van der Waals surface area contributed by atoms with E-state index in [9.17, 15) is 14.9 Å². The first-order valence-electron chi connectivity index (χ1n) is 6.90. The van der Waals surface area contributed by atoms with Gasteiger partial charge in [0.2, 0.25) is 0 Å². The van der Waals surface area contributed by atoms with E-state index in [2.05, 4.69) is 0 Å². The second-order valence-corrected chi connectivity index (χ2v) is 4.96. The number of methoxy groups -OCH3 is 1. The van der Waals surface area contributed by atoms with E-state index in [1.54, 1.807) is 24.3 Å². The fraction of sp³-hybridized carbons (Fsp3) is 0.188. The quantitative estimate of drug-likeness (QED) is 0.328. The molecule has 0 saturated heterocycles. The average molecular weight is 352 g/mol. The van der Waals surface area contributed by atoms with Gasteiger partial charge in [-0.15, -0.1) is 0 Å². The molecule has 24 heavy (non-hydrogen) atoms. The first-order valence-corrected chi connectivity index (χ1v) is 7.27. The lowest BCUT2D eigenvalue weighted by Crippen LogP contribution is -2.13. The van der Waals surface area contributed by atoms with Gasteiger partial charge in [0.25, 0.3) is 5.69 Å². The van der Waals surface area contributed by atoms with Gasteiger partial charge in [-0.25, -0.2) is 4.79 Å². The Morgan fingerprint density at radius 3 is 2.58 bits per heavy atom. The molecule has 0 amide bonds. The number of esters is 1. The Morgan fingerprint density at radius 2 is 1.92 bits per heavy atom. The van der Waals surface area contributed by atoms with Crippen LogP contribution in [0.15, 0.2) is 42.5 Å². The van der Waals surface area contributed by atoms with Crippen molar-refractivity contribution in [3.63, 3.8) is 0 Å². The van der Waals surface area contributed by atoms with Crippen molar-refractivity contribution in [3.05, 3.63) is 63.2 Å². The summed E-state index contributed by atoms with van der Waals surface area (Å²) in [6, 6.07) is 10.6. The van der Waals surface area contributed by atoms with Crippen LogP contribution in [0, 0.1) is 10.1 Å². The van der Waals surface area contributed by atoms with Crippen LogP contribution in [0.5, 0.6) is 11.5 Å². The van der Waals surface area contributed by atoms with Crippen LogP contribution in [0.2, 0.25) is 5.02 Å². The summed E-state index contributed by atoms with van der Waals surface area (Å²) in [6.45, 7) is 0.0443. The van der Waals surface area contributed by atoms with Gasteiger partial charge in [-0.05, 0) is 18.2 Å². The number of nitro benzene ring substituents is 1. The van der Waals surface area contributed by atoms with Crippen LogP contribution in [0.1, 0.15) is 10.4 Å². The lowest BCUT2D eigenvalue weighted by atomic mass is 10.2. The number of rotatable bonds is 7. The number of benzene rings is 2. The van der Waals surface area contributed by atoms with Gasteiger partial charge in [-0.2, -0.15) is 0 Å². The standard InChI is InChI=1S/C16H14ClNO6/c1-22-14-7-6-11(18(20)21)10-12(14)16(19)24-9-8-23-15-5-3-2-4-13(15)17/h2-7,10H,8-9H2,1H3. The van der Waals surface area contributed by atoms with Crippen LogP contribution >= 0.6 is 11.6 Å². The first-order chi connectivity index (χ1) is 11.5. The third kappa shape index (κ3) is 4.36. The number of carbonyl (C=O) groups is 1. The highest BCUT2D eigenvalue weighted by Gasteiger charge is 2.18. The Morgan fingerprint density at radius 1 is 1.17 bits per heavy atom. The van der Waals surface area contributed by atoms with Crippen LogP contribution in [0.25, 0.3) is 0 Å². The van der Waals surface area contributed by atoms with Crippen molar-refractivity contribution in [2.45, 2.75) is 0 Å². The van der Waals surface area contributed by atoms with Gasteiger partial charge in [-0.1, -0.05) is 23.7 Å². The maximum atomic E-state index is 12.1. The minimum Gasteiger partial charge on any atom is -0.496 e. The summed E-state index contributed by atoms with van der Waals surface area (Å²) in [7, 11) is 1.36. The van der Waals surface area contributed by atoms with Gasteiger partial charge in [0.05, 0.1) is 17.1 Å². The molecule has 2 rings (SSSR count). The normalized spacial score (nSPS) is 10.1. The maximum Gasteiger partial charge on any atom is 0.342 e. The summed E-state index contributed by atoms with van der Waals surface area (Å²) in [5.74, 6) is -0.0703. The lowest BCUT2D eigenvalue weighted by Gasteiger charge is -2.10. The van der Waals surface area contributed by atoms with Crippen molar-refractivity contribution < 1.29 is 23.9 Å². The molecule has 0 bridgehead atoms. The molecule has 0 N–H and O–H groups in total. The molecule has 0 fully saturated rings. The van der Waals surface area contributed by atoms with Gasteiger partial charge in [0, 0.05) is 12.1 Å². The van der Waals surface area contributed by atoms with Gasteiger partial charge < -0.3 is 14.2 Å². The van der Waals surface area contributed by atoms with Crippen molar-refractivity contribution in [1.29, 1.82) is 0 Å². The Hall–Kier alpha value is -2.80. The zero-order chi connectivity index (χ0) is 17.5. The number of hydrogen-bond acceptors (Lipinski definition) is 6. The number of nitro groups is 1. The number of para-hydroxylation sites is 1. The Labute approximate surface area is 142 Å². The molecule has 126 valence electrons. The van der Waals surface area contributed by atoms with E-state index >= 15 is 0 Å². The fourth-order valence-electron chi connectivity index (χ4n) is 1.89. The van der Waals surface area contributed by atoms with Gasteiger partial charge in [0.1, 0.15) is 30.3 Å². The summed E-state index contributed by atoms with van der Waals surface area (Å²) in [6.07, 6.45) is 0. The zero-order valence-corrected chi connectivity index (χ0v) is 13.5. The Balaban J connectivity index is 1.96. The molecule has 0 aliphatic rings. The van der Waals surface area contributed by atoms with E-state index in [0.717, 1.165) is 6.07 Å². The molecule has 2 aromatic rings. The molecule has 2 aromatic carbocycles. The van der Waals surface area contributed by atoms with Crippen molar-refractivity contribution in [2.24, 2.45) is 0 Å². The molecule has 0 aliphatic carbocycles. The van der Waals surface area contributed by atoms with Crippen LogP contribution in [0.3, 0.4) is 0 Å². The molecule has 0 radical (unpaired) electrons. The smallest absolute Gasteiger partial charge is 0.342 e. The fourth-order valence-corrected chi connectivity index (χ4v) is 2.08. The lowest BCUT2D eigenvalue weighted by molar-refractivity contribution is -0.384. The van der Waals surface area contributed by atoms with Crippen LogP contribution in [0.4, 0.5) is 5.69 Å². The monoisotopic (exact) mass is 351 g/mol. The molecular formula is C16H14ClNO6. The molecule has 0 spiro atoms. The van der Waals surface area contributed by atoms with E-state index in [-0.39, 0.29) is 30.2 Å². The summed E-state index contributed by atoms with van der Waals surface area (Å²) >= 11 is 5.94. The van der Waals surface area contributed by atoms with E-state index in [4.69, 9.17) is 25.8 Å². The summed E-state index contributed by atoms with van der Waals surface area (Å²) < 4.78 is 15.5. The minimum atomic E-state index is -0.738. The van der Waals surface area contributed by atoms with Gasteiger partial charge in [0.15, 0.2) is 0 Å². The summed E-state index contributed by atoms with van der Waals surface area (Å²) in [4.78, 5) is 22.3. The largest absolute Gasteiger partial charge is 0.496 e. The van der Waals surface area contributed by atoms with Crippen LogP contribution < -0.4 is 9.47 Å². The Kier molecular flexibility index (Phi) is 5.97. The second kappa shape index (κ2) is 8.16. The second-order valence-electron chi connectivity index (χ2n) is 4.56. The number of hydrogen-bond donors (Lipinski definition) is 0. The maximum absolute atomic E-state index is 12.1. The molecule has 0 saturated carbocycles. The van der Waals surface area contributed by atoms with Crippen LogP contribution in [-0.2, 0) is 4.74 Å². The number of halogens is 1. The van der Waals surface area contributed by atoms with E-state index < -0.39 is 10.9 Å². The molecule has 0 aliphatic heterocycles. The van der Waals surface area contributed by atoms with Crippen molar-refractivity contribution in [3.8, 4) is 11.5 Å². The molecule has 0 aromatic heterocycles. The summed E-state index contributed by atoms with van der Waals surface area (Å²) in [5, 5.41) is 11.3. The Bertz CT molecular complexity index is 749. The SMILES string of the molecule is COc1ccc([N+](=O)[O-])cc1C(=O)OCCOc1ccccc1Cl. The number of ether oxygens (including phenoxy) is 3. The predicted octanol–water partition coefficient (Wildman–Crippen LogP) is 3.49. The molecule has 0 heterocycles. The zero-order valence-electron chi connectivity index (χ0n) is 12.7. The first kappa shape index (κ1) is 17.6. The molecule has 0 atom stereocenters. The topological polar surface area (TPSA) is 87.9 Å². The molecule has 8 heteroatoms. The van der Waals surface area contributed by atoms with Gasteiger partial charge in [-0.3, -0.25) is 10.1 Å². The number of carbonyl (C=O) groups excluding carboxylic acids is 1. The molecule has 0 unspecified atom stereocenters. The minimum absolute atomic E-state index is 0.0237. The third-order valence-corrected chi connectivity index (χ3v) is 3.34. The highest BCUT2D eigenvalue weighted by atomic mass is 35.5. The average Bonchev–Trinajstić information content (AvgIpc) is 2.59. The molecular weight excluding hydrogens is 338 g/mol. The van der Waals surface area contributed by atoms with Crippen molar-refractivity contribution in [1.82, 2.24) is 0 Å². The van der Waals surface area contributed by atoms with Crippen molar-refractivity contribution >= 4 is 23.3 Å². The summed E-state index contributed by atoms with van der Waals surface area (Å²) in [5.41, 5.74) is -0.250. The van der Waals surface area contributed by atoms with Crippen molar-refractivity contribution in [2.75, 3.05) is 20.3 Å². The van der Waals surface area contributed by atoms with Crippen LogP contribution in [-0.4, -0.2) is 31.2 Å². The number of non-ortho nitro benzene ring substituents is 1. The van der Waals surface area contributed by atoms with E-state index in [1.165, 1.54) is 19.2 Å². The van der Waals surface area contributed by atoms with E-state index in [1.807, 2.05) is 0 Å². The van der Waals surface area contributed by atoms with E-state index in [0.29, 0.717) is 10.8 Å². The predicted molar refractivity (Wildman–Crippen MR) is 86.9 cm³/mol.